The SMILES string of the molecule is O=C(Cc1csc(-c2ncn[nH]2)n1)NCC(c1c(F)cccc1Cl)N1CCCC1. The third-order valence-electron chi connectivity index (χ3n) is 4.92. The third-order valence-corrected chi connectivity index (χ3v) is 6.15. The summed E-state index contributed by atoms with van der Waals surface area (Å²) >= 11 is 7.69. The van der Waals surface area contributed by atoms with E-state index in [0.717, 1.165) is 25.9 Å². The molecular formula is C19H20ClFN6OS. The lowest BCUT2D eigenvalue weighted by atomic mass is 10.0. The minimum absolute atomic E-state index is 0.141. The van der Waals surface area contributed by atoms with Gasteiger partial charge < -0.3 is 5.32 Å². The number of rotatable bonds is 7. The molecule has 0 aliphatic carbocycles. The second kappa shape index (κ2) is 8.98. The number of benzene rings is 1. The summed E-state index contributed by atoms with van der Waals surface area (Å²) in [6, 6.07) is 4.39. The van der Waals surface area contributed by atoms with Crippen LogP contribution < -0.4 is 5.32 Å². The molecule has 2 N–H and O–H groups in total. The van der Waals surface area contributed by atoms with Gasteiger partial charge >= 0.3 is 0 Å². The van der Waals surface area contributed by atoms with Gasteiger partial charge in [0.15, 0.2) is 10.8 Å². The van der Waals surface area contributed by atoms with E-state index in [1.807, 2.05) is 5.38 Å². The topological polar surface area (TPSA) is 86.8 Å². The molecule has 152 valence electrons. The van der Waals surface area contributed by atoms with Gasteiger partial charge in [-0.3, -0.25) is 14.8 Å². The summed E-state index contributed by atoms with van der Waals surface area (Å²) in [4.78, 5) is 23.2. The number of aromatic nitrogens is 4. The maximum atomic E-state index is 14.5. The van der Waals surface area contributed by atoms with E-state index < -0.39 is 0 Å². The molecule has 1 aromatic carbocycles. The molecule has 1 aliphatic heterocycles. The standard InChI is InChI=1S/C19H20ClFN6OS/c20-13-4-3-5-14(21)17(13)15(27-6-1-2-7-27)9-22-16(28)8-12-10-29-19(25-12)18-23-11-24-26-18/h3-5,10-11,15H,1-2,6-9H2,(H,22,28)(H,23,24,26). The first kappa shape index (κ1) is 19.9. The lowest BCUT2D eigenvalue weighted by Crippen LogP contribution is -2.38. The molecule has 0 spiro atoms. The summed E-state index contributed by atoms with van der Waals surface area (Å²) < 4.78 is 14.5. The van der Waals surface area contributed by atoms with E-state index in [-0.39, 0.29) is 24.2 Å². The van der Waals surface area contributed by atoms with Gasteiger partial charge in [0.05, 0.1) is 18.2 Å². The van der Waals surface area contributed by atoms with Gasteiger partial charge in [0.2, 0.25) is 5.91 Å². The fraction of sp³-hybridized carbons (Fsp3) is 0.368. The molecule has 3 aromatic rings. The van der Waals surface area contributed by atoms with Gasteiger partial charge in [0.1, 0.15) is 12.1 Å². The Kier molecular flexibility index (Phi) is 6.17. The number of thiazole rings is 1. The first-order valence-electron chi connectivity index (χ1n) is 9.36. The number of hydrogen-bond donors (Lipinski definition) is 2. The van der Waals surface area contributed by atoms with Crippen molar-refractivity contribution in [3.8, 4) is 10.8 Å². The Morgan fingerprint density at radius 3 is 2.93 bits per heavy atom. The number of nitrogens with one attached hydrogen (secondary N) is 2. The Morgan fingerprint density at radius 2 is 2.21 bits per heavy atom. The van der Waals surface area contributed by atoms with E-state index in [2.05, 4.69) is 30.4 Å². The van der Waals surface area contributed by atoms with Gasteiger partial charge in [-0.15, -0.1) is 11.3 Å². The van der Waals surface area contributed by atoms with Gasteiger partial charge in [0.25, 0.3) is 0 Å². The number of aromatic amines is 1. The van der Waals surface area contributed by atoms with Crippen LogP contribution in [0.25, 0.3) is 10.8 Å². The van der Waals surface area contributed by atoms with Crippen molar-refractivity contribution in [3.63, 3.8) is 0 Å². The van der Waals surface area contributed by atoms with E-state index in [4.69, 9.17) is 11.6 Å². The van der Waals surface area contributed by atoms with Crippen molar-refractivity contribution in [3.05, 3.63) is 52.0 Å². The van der Waals surface area contributed by atoms with Crippen molar-refractivity contribution in [1.82, 2.24) is 30.4 Å². The molecule has 1 aliphatic rings. The largest absolute Gasteiger partial charge is 0.354 e. The van der Waals surface area contributed by atoms with Crippen LogP contribution in [0.15, 0.2) is 29.9 Å². The fourth-order valence-electron chi connectivity index (χ4n) is 3.54. The molecule has 0 bridgehead atoms. The molecule has 1 fully saturated rings. The first-order valence-corrected chi connectivity index (χ1v) is 10.6. The molecule has 0 saturated carbocycles. The van der Waals surface area contributed by atoms with Crippen molar-refractivity contribution in [2.75, 3.05) is 19.6 Å². The number of carbonyl (C=O) groups is 1. The molecular weight excluding hydrogens is 415 g/mol. The molecule has 10 heteroatoms. The van der Waals surface area contributed by atoms with E-state index in [0.29, 0.717) is 33.7 Å². The van der Waals surface area contributed by atoms with Gasteiger partial charge in [0, 0.05) is 22.5 Å². The molecule has 4 rings (SSSR count). The van der Waals surface area contributed by atoms with E-state index in [1.165, 1.54) is 23.7 Å². The minimum atomic E-state index is -0.347. The highest BCUT2D eigenvalue weighted by Crippen LogP contribution is 2.32. The second-order valence-corrected chi connectivity index (χ2v) is 8.12. The van der Waals surface area contributed by atoms with Gasteiger partial charge in [-0.05, 0) is 38.1 Å². The van der Waals surface area contributed by atoms with Crippen LogP contribution in [0.1, 0.15) is 30.1 Å². The number of halogens is 2. The van der Waals surface area contributed by atoms with Gasteiger partial charge in [-0.1, -0.05) is 17.7 Å². The van der Waals surface area contributed by atoms with Crippen LogP contribution in [0.2, 0.25) is 5.02 Å². The zero-order valence-electron chi connectivity index (χ0n) is 15.6. The number of amides is 1. The van der Waals surface area contributed by atoms with Gasteiger partial charge in [-0.25, -0.2) is 14.4 Å². The number of H-pyrrole nitrogens is 1. The Hall–Kier alpha value is -2.36. The van der Waals surface area contributed by atoms with Crippen molar-refractivity contribution >= 4 is 28.8 Å². The first-order chi connectivity index (χ1) is 14.1. The Bertz CT molecular complexity index is 953. The van der Waals surface area contributed by atoms with Crippen LogP contribution in [0.4, 0.5) is 4.39 Å². The zero-order chi connectivity index (χ0) is 20.2. The highest BCUT2D eigenvalue weighted by molar-refractivity contribution is 7.13. The Balaban J connectivity index is 1.43. The summed E-state index contributed by atoms with van der Waals surface area (Å²) in [5.41, 5.74) is 1.10. The maximum absolute atomic E-state index is 14.5. The third kappa shape index (κ3) is 4.63. The summed E-state index contributed by atoms with van der Waals surface area (Å²) in [5.74, 6) is 0.0564. The number of nitrogens with zero attached hydrogens (tertiary/aromatic N) is 4. The molecule has 1 saturated heterocycles. The molecule has 1 amide bonds. The van der Waals surface area contributed by atoms with Crippen molar-refractivity contribution in [2.24, 2.45) is 0 Å². The van der Waals surface area contributed by atoms with E-state index in [9.17, 15) is 9.18 Å². The summed E-state index contributed by atoms with van der Waals surface area (Å²) in [5, 5.41) is 12.4. The summed E-state index contributed by atoms with van der Waals surface area (Å²) in [7, 11) is 0. The minimum Gasteiger partial charge on any atom is -0.354 e. The van der Waals surface area contributed by atoms with Crippen molar-refractivity contribution in [1.29, 1.82) is 0 Å². The average molecular weight is 435 g/mol. The van der Waals surface area contributed by atoms with Crippen molar-refractivity contribution < 1.29 is 9.18 Å². The maximum Gasteiger partial charge on any atom is 0.226 e. The normalized spacial score (nSPS) is 15.5. The second-order valence-electron chi connectivity index (χ2n) is 6.85. The van der Waals surface area contributed by atoms with Crippen LogP contribution in [-0.4, -0.2) is 50.6 Å². The molecule has 1 atom stereocenters. The van der Waals surface area contributed by atoms with Crippen LogP contribution >= 0.6 is 22.9 Å². The number of likely N-dealkylation sites (tertiary alicyclic amines) is 1. The lowest BCUT2D eigenvalue weighted by Gasteiger charge is -2.29. The Labute approximate surface area is 176 Å². The van der Waals surface area contributed by atoms with Crippen molar-refractivity contribution in [2.45, 2.75) is 25.3 Å². The van der Waals surface area contributed by atoms with E-state index in [1.54, 1.807) is 12.1 Å². The number of carbonyl (C=O) groups excluding carboxylic acids is 1. The highest BCUT2D eigenvalue weighted by Gasteiger charge is 2.28. The predicted octanol–water partition coefficient (Wildman–Crippen LogP) is 3.22. The van der Waals surface area contributed by atoms with Crippen LogP contribution in [0.3, 0.4) is 0 Å². The quantitative estimate of drug-likeness (QED) is 0.596. The molecule has 0 radical (unpaired) electrons. The summed E-state index contributed by atoms with van der Waals surface area (Å²) in [6.45, 7) is 2.01. The summed E-state index contributed by atoms with van der Waals surface area (Å²) in [6.07, 6.45) is 3.66. The smallest absolute Gasteiger partial charge is 0.226 e. The number of hydrogen-bond acceptors (Lipinski definition) is 6. The van der Waals surface area contributed by atoms with Crippen LogP contribution in [-0.2, 0) is 11.2 Å². The van der Waals surface area contributed by atoms with E-state index >= 15 is 0 Å². The zero-order valence-corrected chi connectivity index (χ0v) is 17.1. The molecule has 7 nitrogen and oxygen atoms in total. The highest BCUT2D eigenvalue weighted by atomic mass is 35.5. The molecule has 2 aromatic heterocycles. The Morgan fingerprint density at radius 1 is 1.38 bits per heavy atom. The molecule has 29 heavy (non-hydrogen) atoms. The van der Waals surface area contributed by atoms with Gasteiger partial charge in [-0.2, -0.15) is 5.10 Å². The molecule has 1 unspecified atom stereocenters. The lowest BCUT2D eigenvalue weighted by molar-refractivity contribution is -0.120. The predicted molar refractivity (Wildman–Crippen MR) is 109 cm³/mol. The van der Waals surface area contributed by atoms with Crippen LogP contribution in [0, 0.1) is 5.82 Å². The van der Waals surface area contributed by atoms with Crippen LogP contribution in [0.5, 0.6) is 0 Å². The molecule has 3 heterocycles. The monoisotopic (exact) mass is 434 g/mol. The average Bonchev–Trinajstić information content (AvgIpc) is 3.46. The fourth-order valence-corrected chi connectivity index (χ4v) is 4.59.